The minimum absolute atomic E-state index is 0.142. The van der Waals surface area contributed by atoms with Crippen LogP contribution in [-0.2, 0) is 22.7 Å². The summed E-state index contributed by atoms with van der Waals surface area (Å²) < 4.78 is 6.67. The smallest absolute Gasteiger partial charge is 0.349 e. The second kappa shape index (κ2) is 10.0. The van der Waals surface area contributed by atoms with Crippen LogP contribution in [0.15, 0.2) is 65.7 Å². The number of nitrogens with one attached hydrogen (secondary N) is 1. The zero-order chi connectivity index (χ0) is 24.2. The fraction of sp³-hybridized carbons (Fsp3) is 0.231. The summed E-state index contributed by atoms with van der Waals surface area (Å²) in [4.78, 5) is 43.3. The molecular weight excluding hydrogens is 450 g/mol. The first-order valence-electron chi connectivity index (χ1n) is 10.9. The summed E-state index contributed by atoms with van der Waals surface area (Å²) in [7, 11) is 0. The van der Waals surface area contributed by atoms with E-state index in [4.69, 9.17) is 4.74 Å². The Morgan fingerprint density at radius 3 is 2.47 bits per heavy atom. The van der Waals surface area contributed by atoms with E-state index in [1.165, 1.54) is 16.5 Å². The van der Waals surface area contributed by atoms with Crippen LogP contribution in [0.2, 0.25) is 0 Å². The number of ether oxygens (including phenoxy) is 1. The molecule has 0 saturated carbocycles. The van der Waals surface area contributed by atoms with Crippen LogP contribution in [0, 0.1) is 6.92 Å². The topological polar surface area (TPSA) is 90.3 Å². The molecule has 1 amide bonds. The minimum Gasteiger partial charge on any atom is -0.457 e. The van der Waals surface area contributed by atoms with Crippen molar-refractivity contribution in [2.24, 2.45) is 0 Å². The lowest BCUT2D eigenvalue weighted by Crippen LogP contribution is -2.27. The van der Waals surface area contributed by atoms with Gasteiger partial charge in [0.15, 0.2) is 0 Å². The molecule has 0 aliphatic heterocycles. The molecule has 0 unspecified atom stereocenters. The highest BCUT2D eigenvalue weighted by Crippen LogP contribution is 2.27. The summed E-state index contributed by atoms with van der Waals surface area (Å²) in [5.41, 5.74) is 2.85. The van der Waals surface area contributed by atoms with Crippen molar-refractivity contribution in [2.75, 3.05) is 5.32 Å². The van der Waals surface area contributed by atoms with E-state index in [-0.39, 0.29) is 24.6 Å². The van der Waals surface area contributed by atoms with Crippen molar-refractivity contribution in [3.63, 3.8) is 0 Å². The maximum Gasteiger partial charge on any atom is 0.349 e. The Hall–Kier alpha value is -3.78. The average molecular weight is 476 g/mol. The first-order chi connectivity index (χ1) is 16.3. The minimum atomic E-state index is -0.502. The molecule has 2 heterocycles. The molecular formula is C26H25N3O4S. The van der Waals surface area contributed by atoms with Crippen LogP contribution in [0.5, 0.6) is 0 Å². The molecule has 174 valence electrons. The van der Waals surface area contributed by atoms with Crippen LogP contribution in [0.3, 0.4) is 0 Å². The maximum atomic E-state index is 13.1. The molecule has 0 spiro atoms. The molecule has 0 aliphatic rings. The van der Waals surface area contributed by atoms with Crippen molar-refractivity contribution < 1.29 is 14.3 Å². The standard InChI is InChI=1S/C26H25N3O4S/c1-16(2)19-9-11-20(12-10-19)28-21(30)13-29-15-27-24-22(25(29)31)17(3)23(34-24)26(32)33-14-18-7-5-4-6-8-18/h4-12,15-16H,13-14H2,1-3H3,(H,28,30). The number of thiophene rings is 1. The number of aryl methyl sites for hydroxylation is 1. The second-order valence-corrected chi connectivity index (χ2v) is 9.30. The Morgan fingerprint density at radius 1 is 1.09 bits per heavy atom. The molecule has 0 bridgehead atoms. The number of rotatable bonds is 7. The number of esters is 1. The van der Waals surface area contributed by atoms with Crippen LogP contribution in [0.1, 0.15) is 46.1 Å². The molecule has 34 heavy (non-hydrogen) atoms. The Balaban J connectivity index is 1.49. The fourth-order valence-corrected chi connectivity index (χ4v) is 4.59. The molecule has 4 rings (SSSR count). The number of amides is 1. The molecule has 2 aromatic carbocycles. The summed E-state index contributed by atoms with van der Waals surface area (Å²) in [5, 5.41) is 3.13. The van der Waals surface area contributed by atoms with Gasteiger partial charge in [0.25, 0.3) is 5.56 Å². The summed E-state index contributed by atoms with van der Waals surface area (Å²) in [6.45, 7) is 5.86. The molecule has 0 fully saturated rings. The van der Waals surface area contributed by atoms with Gasteiger partial charge in [0.05, 0.1) is 11.7 Å². The number of hydrogen-bond donors (Lipinski definition) is 1. The van der Waals surface area contributed by atoms with Crippen molar-refractivity contribution in [1.82, 2.24) is 9.55 Å². The molecule has 0 aliphatic carbocycles. The molecule has 0 atom stereocenters. The Morgan fingerprint density at radius 2 is 1.79 bits per heavy atom. The van der Waals surface area contributed by atoms with E-state index in [2.05, 4.69) is 24.1 Å². The van der Waals surface area contributed by atoms with E-state index >= 15 is 0 Å². The molecule has 0 radical (unpaired) electrons. The fourth-order valence-electron chi connectivity index (χ4n) is 3.56. The third-order valence-corrected chi connectivity index (χ3v) is 6.67. The maximum absolute atomic E-state index is 13.1. The Labute approximate surface area is 201 Å². The summed E-state index contributed by atoms with van der Waals surface area (Å²) in [5.74, 6) is -0.440. The first-order valence-corrected chi connectivity index (χ1v) is 11.7. The number of aromatic nitrogens is 2. The lowest BCUT2D eigenvalue weighted by atomic mass is 10.0. The van der Waals surface area contributed by atoms with E-state index in [1.54, 1.807) is 6.92 Å². The van der Waals surface area contributed by atoms with Gasteiger partial charge in [-0.2, -0.15) is 0 Å². The zero-order valence-corrected chi connectivity index (χ0v) is 20.0. The van der Waals surface area contributed by atoms with Gasteiger partial charge in [-0.15, -0.1) is 11.3 Å². The van der Waals surface area contributed by atoms with Gasteiger partial charge in [-0.05, 0) is 41.7 Å². The van der Waals surface area contributed by atoms with E-state index in [9.17, 15) is 14.4 Å². The van der Waals surface area contributed by atoms with Crippen molar-refractivity contribution in [1.29, 1.82) is 0 Å². The van der Waals surface area contributed by atoms with Crippen LogP contribution in [-0.4, -0.2) is 21.4 Å². The van der Waals surface area contributed by atoms with Crippen molar-refractivity contribution in [3.05, 3.63) is 92.8 Å². The van der Waals surface area contributed by atoms with Crippen molar-refractivity contribution in [3.8, 4) is 0 Å². The molecule has 0 saturated heterocycles. The number of benzene rings is 2. The molecule has 8 heteroatoms. The van der Waals surface area contributed by atoms with Gasteiger partial charge in [0.2, 0.25) is 5.91 Å². The summed E-state index contributed by atoms with van der Waals surface area (Å²) in [6, 6.07) is 17.0. The number of anilines is 1. The van der Waals surface area contributed by atoms with Gasteiger partial charge in [0.1, 0.15) is 22.9 Å². The van der Waals surface area contributed by atoms with E-state index in [0.717, 1.165) is 16.9 Å². The van der Waals surface area contributed by atoms with Crippen LogP contribution < -0.4 is 10.9 Å². The van der Waals surface area contributed by atoms with Crippen molar-refractivity contribution in [2.45, 2.75) is 39.8 Å². The van der Waals surface area contributed by atoms with Crippen LogP contribution in [0.25, 0.3) is 10.2 Å². The first kappa shape index (κ1) is 23.4. The van der Waals surface area contributed by atoms with Crippen LogP contribution >= 0.6 is 11.3 Å². The van der Waals surface area contributed by atoms with Gasteiger partial charge >= 0.3 is 5.97 Å². The average Bonchev–Trinajstić information content (AvgIpc) is 3.17. The molecule has 7 nitrogen and oxygen atoms in total. The van der Waals surface area contributed by atoms with E-state index in [1.807, 2.05) is 54.6 Å². The quantitative estimate of drug-likeness (QED) is 0.385. The van der Waals surface area contributed by atoms with E-state index in [0.29, 0.717) is 32.3 Å². The van der Waals surface area contributed by atoms with Gasteiger partial charge in [0, 0.05) is 5.69 Å². The number of hydrogen-bond acceptors (Lipinski definition) is 6. The SMILES string of the molecule is Cc1c(C(=O)OCc2ccccc2)sc2ncn(CC(=O)Nc3ccc(C(C)C)cc3)c(=O)c12. The number of nitrogens with zero attached hydrogens (tertiary/aromatic N) is 2. The van der Waals surface area contributed by atoms with Gasteiger partial charge < -0.3 is 10.1 Å². The third kappa shape index (κ3) is 5.07. The highest BCUT2D eigenvalue weighted by atomic mass is 32.1. The predicted octanol–water partition coefficient (Wildman–Crippen LogP) is 4.89. The zero-order valence-electron chi connectivity index (χ0n) is 19.2. The highest BCUT2D eigenvalue weighted by molar-refractivity contribution is 7.20. The largest absolute Gasteiger partial charge is 0.457 e. The van der Waals surface area contributed by atoms with Gasteiger partial charge in [-0.1, -0.05) is 56.3 Å². The number of carbonyl (C=O) groups is 2. The molecule has 1 N–H and O–H groups in total. The second-order valence-electron chi connectivity index (χ2n) is 8.30. The van der Waals surface area contributed by atoms with Gasteiger partial charge in [-0.25, -0.2) is 9.78 Å². The Kier molecular flexibility index (Phi) is 6.88. The number of carbonyl (C=O) groups excluding carboxylic acids is 2. The normalized spacial score (nSPS) is 11.1. The lowest BCUT2D eigenvalue weighted by molar-refractivity contribution is -0.116. The van der Waals surface area contributed by atoms with Crippen molar-refractivity contribution >= 4 is 39.1 Å². The summed E-state index contributed by atoms with van der Waals surface area (Å²) in [6.07, 6.45) is 1.33. The highest BCUT2D eigenvalue weighted by Gasteiger charge is 2.21. The van der Waals surface area contributed by atoms with E-state index < -0.39 is 5.97 Å². The lowest BCUT2D eigenvalue weighted by Gasteiger charge is -2.09. The monoisotopic (exact) mass is 475 g/mol. The third-order valence-electron chi connectivity index (χ3n) is 5.49. The van der Waals surface area contributed by atoms with Gasteiger partial charge in [-0.3, -0.25) is 14.2 Å². The Bertz CT molecular complexity index is 1390. The summed E-state index contributed by atoms with van der Waals surface area (Å²) >= 11 is 1.12. The predicted molar refractivity (Wildman–Crippen MR) is 133 cm³/mol. The number of fused-ring (bicyclic) bond motifs is 1. The van der Waals surface area contributed by atoms with Crippen LogP contribution in [0.4, 0.5) is 5.69 Å². The molecule has 2 aromatic heterocycles. The molecule has 4 aromatic rings.